The quantitative estimate of drug-likeness (QED) is 0.805. The van der Waals surface area contributed by atoms with E-state index >= 15 is 0 Å². The number of primary amides is 1. The lowest BCUT2D eigenvalue weighted by Crippen LogP contribution is -2.41. The molecule has 0 saturated carbocycles. The SMILES string of the molecule is NC(=O)C1CCCN1CCc1ccncc1. The van der Waals surface area contributed by atoms with Crippen LogP contribution in [0, 0.1) is 0 Å². The standard InChI is InChI=1S/C12H17N3O/c13-12(16)11-2-1-8-15(11)9-5-10-3-6-14-7-4-10/h3-4,6-7,11H,1-2,5,8-9H2,(H2,13,16). The van der Waals surface area contributed by atoms with Gasteiger partial charge in [-0.15, -0.1) is 0 Å². The second-order valence-corrected chi connectivity index (χ2v) is 4.20. The zero-order chi connectivity index (χ0) is 11.4. The Kier molecular flexibility index (Phi) is 3.51. The molecule has 0 aliphatic carbocycles. The van der Waals surface area contributed by atoms with Gasteiger partial charge in [0.15, 0.2) is 0 Å². The molecular weight excluding hydrogens is 202 g/mol. The summed E-state index contributed by atoms with van der Waals surface area (Å²) in [5.41, 5.74) is 6.62. The molecule has 0 radical (unpaired) electrons. The first kappa shape index (κ1) is 11.1. The molecule has 1 atom stereocenters. The molecule has 1 aromatic rings. The molecule has 1 saturated heterocycles. The first-order chi connectivity index (χ1) is 7.77. The number of aromatic nitrogens is 1. The van der Waals surface area contributed by atoms with Gasteiger partial charge in [-0.3, -0.25) is 14.7 Å². The molecule has 4 nitrogen and oxygen atoms in total. The highest BCUT2D eigenvalue weighted by atomic mass is 16.1. The van der Waals surface area contributed by atoms with Gasteiger partial charge in [-0.25, -0.2) is 0 Å². The molecule has 0 aromatic carbocycles. The van der Waals surface area contributed by atoms with Crippen LogP contribution in [0.2, 0.25) is 0 Å². The van der Waals surface area contributed by atoms with Crippen molar-refractivity contribution >= 4 is 5.91 Å². The first-order valence-electron chi connectivity index (χ1n) is 5.69. The number of nitrogens with zero attached hydrogens (tertiary/aromatic N) is 2. The highest BCUT2D eigenvalue weighted by Crippen LogP contribution is 2.17. The minimum Gasteiger partial charge on any atom is -0.368 e. The fourth-order valence-electron chi connectivity index (χ4n) is 2.24. The lowest BCUT2D eigenvalue weighted by Gasteiger charge is -2.21. The summed E-state index contributed by atoms with van der Waals surface area (Å²) in [6.45, 7) is 1.89. The van der Waals surface area contributed by atoms with Crippen LogP contribution in [0.4, 0.5) is 0 Å². The van der Waals surface area contributed by atoms with E-state index in [0.717, 1.165) is 32.4 Å². The number of nitrogens with two attached hydrogens (primary N) is 1. The number of rotatable bonds is 4. The van der Waals surface area contributed by atoms with Crippen molar-refractivity contribution in [3.05, 3.63) is 30.1 Å². The monoisotopic (exact) mass is 219 g/mol. The number of carbonyl (C=O) groups excluding carboxylic acids is 1. The summed E-state index contributed by atoms with van der Waals surface area (Å²) >= 11 is 0. The average Bonchev–Trinajstić information content (AvgIpc) is 2.76. The van der Waals surface area contributed by atoms with Crippen molar-refractivity contribution < 1.29 is 4.79 Å². The van der Waals surface area contributed by atoms with E-state index in [1.165, 1.54) is 5.56 Å². The van der Waals surface area contributed by atoms with Crippen molar-refractivity contribution in [3.63, 3.8) is 0 Å². The van der Waals surface area contributed by atoms with Crippen molar-refractivity contribution in [1.29, 1.82) is 0 Å². The largest absolute Gasteiger partial charge is 0.368 e. The Hall–Kier alpha value is -1.42. The molecule has 0 spiro atoms. The van der Waals surface area contributed by atoms with Crippen LogP contribution in [-0.4, -0.2) is 34.9 Å². The smallest absolute Gasteiger partial charge is 0.234 e. The number of carbonyl (C=O) groups is 1. The summed E-state index contributed by atoms with van der Waals surface area (Å²) in [6, 6.07) is 3.96. The van der Waals surface area contributed by atoms with Crippen molar-refractivity contribution in [2.24, 2.45) is 5.73 Å². The third-order valence-corrected chi connectivity index (χ3v) is 3.13. The van der Waals surface area contributed by atoms with Gasteiger partial charge >= 0.3 is 0 Å². The van der Waals surface area contributed by atoms with E-state index in [0.29, 0.717) is 0 Å². The van der Waals surface area contributed by atoms with Crippen molar-refractivity contribution in [2.45, 2.75) is 25.3 Å². The second kappa shape index (κ2) is 5.07. The maximum atomic E-state index is 11.2. The van der Waals surface area contributed by atoms with E-state index in [4.69, 9.17) is 5.73 Å². The molecule has 1 unspecified atom stereocenters. The van der Waals surface area contributed by atoms with Crippen LogP contribution < -0.4 is 5.73 Å². The number of hydrogen-bond donors (Lipinski definition) is 1. The summed E-state index contributed by atoms with van der Waals surface area (Å²) in [5, 5.41) is 0. The zero-order valence-electron chi connectivity index (χ0n) is 9.30. The minimum atomic E-state index is -0.188. The molecule has 4 heteroatoms. The van der Waals surface area contributed by atoms with Crippen LogP contribution in [-0.2, 0) is 11.2 Å². The van der Waals surface area contributed by atoms with Crippen LogP contribution in [0.5, 0.6) is 0 Å². The summed E-state index contributed by atoms with van der Waals surface area (Å²) < 4.78 is 0. The van der Waals surface area contributed by atoms with Gasteiger partial charge in [-0.1, -0.05) is 0 Å². The fraction of sp³-hybridized carbons (Fsp3) is 0.500. The Morgan fingerprint density at radius 3 is 2.94 bits per heavy atom. The van der Waals surface area contributed by atoms with Gasteiger partial charge in [0, 0.05) is 18.9 Å². The molecular formula is C12H17N3O. The maximum absolute atomic E-state index is 11.2. The van der Waals surface area contributed by atoms with Gasteiger partial charge in [0.2, 0.25) is 5.91 Å². The van der Waals surface area contributed by atoms with E-state index in [1.807, 2.05) is 12.1 Å². The summed E-state index contributed by atoms with van der Waals surface area (Å²) in [5.74, 6) is -0.188. The molecule has 1 aliphatic heterocycles. The van der Waals surface area contributed by atoms with Crippen LogP contribution in [0.1, 0.15) is 18.4 Å². The molecule has 16 heavy (non-hydrogen) atoms. The van der Waals surface area contributed by atoms with Crippen LogP contribution in [0.25, 0.3) is 0 Å². The van der Waals surface area contributed by atoms with Crippen molar-refractivity contribution in [1.82, 2.24) is 9.88 Å². The van der Waals surface area contributed by atoms with Crippen LogP contribution in [0.15, 0.2) is 24.5 Å². The van der Waals surface area contributed by atoms with E-state index < -0.39 is 0 Å². The Balaban J connectivity index is 1.88. The minimum absolute atomic E-state index is 0.0539. The summed E-state index contributed by atoms with van der Waals surface area (Å²) in [6.07, 6.45) is 6.53. The van der Waals surface area contributed by atoms with E-state index in [1.54, 1.807) is 12.4 Å². The zero-order valence-corrected chi connectivity index (χ0v) is 9.30. The molecule has 0 bridgehead atoms. The summed E-state index contributed by atoms with van der Waals surface area (Å²) in [4.78, 5) is 17.4. The molecule has 86 valence electrons. The highest BCUT2D eigenvalue weighted by Gasteiger charge is 2.28. The van der Waals surface area contributed by atoms with Gasteiger partial charge in [0.25, 0.3) is 0 Å². The van der Waals surface area contributed by atoms with Gasteiger partial charge in [0.05, 0.1) is 6.04 Å². The van der Waals surface area contributed by atoms with E-state index in [-0.39, 0.29) is 11.9 Å². The van der Waals surface area contributed by atoms with Crippen LogP contribution >= 0.6 is 0 Å². The van der Waals surface area contributed by atoms with Crippen molar-refractivity contribution in [3.8, 4) is 0 Å². The predicted molar refractivity (Wildman–Crippen MR) is 61.7 cm³/mol. The van der Waals surface area contributed by atoms with Crippen molar-refractivity contribution in [2.75, 3.05) is 13.1 Å². The normalized spacial score (nSPS) is 21.1. The number of pyridine rings is 1. The summed E-state index contributed by atoms with van der Waals surface area (Å²) in [7, 11) is 0. The molecule has 1 amide bonds. The number of amides is 1. The van der Waals surface area contributed by atoms with E-state index in [9.17, 15) is 4.79 Å². The Morgan fingerprint density at radius 2 is 2.25 bits per heavy atom. The molecule has 2 heterocycles. The molecule has 2 rings (SSSR count). The number of hydrogen-bond acceptors (Lipinski definition) is 3. The third-order valence-electron chi connectivity index (χ3n) is 3.13. The molecule has 2 N–H and O–H groups in total. The lowest BCUT2D eigenvalue weighted by molar-refractivity contribution is -0.122. The Bertz CT molecular complexity index is 353. The second-order valence-electron chi connectivity index (χ2n) is 4.20. The molecule has 1 aromatic heterocycles. The third kappa shape index (κ3) is 2.58. The predicted octanol–water partition coefficient (Wildman–Crippen LogP) is 0.574. The fourth-order valence-corrected chi connectivity index (χ4v) is 2.24. The molecule has 1 fully saturated rings. The maximum Gasteiger partial charge on any atom is 0.234 e. The molecule has 1 aliphatic rings. The van der Waals surface area contributed by atoms with E-state index in [2.05, 4.69) is 9.88 Å². The van der Waals surface area contributed by atoms with Gasteiger partial charge in [-0.2, -0.15) is 0 Å². The lowest BCUT2D eigenvalue weighted by atomic mass is 10.1. The Labute approximate surface area is 95.5 Å². The van der Waals surface area contributed by atoms with Crippen LogP contribution in [0.3, 0.4) is 0 Å². The Morgan fingerprint density at radius 1 is 1.50 bits per heavy atom. The van der Waals surface area contributed by atoms with Gasteiger partial charge in [-0.05, 0) is 43.5 Å². The average molecular weight is 219 g/mol. The number of likely N-dealkylation sites (tertiary alicyclic amines) is 1. The van der Waals surface area contributed by atoms with Gasteiger partial charge in [0.1, 0.15) is 0 Å². The topological polar surface area (TPSA) is 59.2 Å². The highest BCUT2D eigenvalue weighted by molar-refractivity contribution is 5.80. The van der Waals surface area contributed by atoms with Gasteiger partial charge < -0.3 is 5.73 Å². The first-order valence-corrected chi connectivity index (χ1v) is 5.69.